The summed E-state index contributed by atoms with van der Waals surface area (Å²) in [5.41, 5.74) is 14.6. The molecule has 0 aliphatic rings. The molecule has 0 saturated heterocycles. The third-order valence-corrected chi connectivity index (χ3v) is 17.8. The van der Waals surface area contributed by atoms with Crippen LogP contribution in [0.15, 0.2) is 291 Å². The van der Waals surface area contributed by atoms with E-state index >= 15 is 0 Å². The summed E-state index contributed by atoms with van der Waals surface area (Å²) in [6, 6.07) is 105. The van der Waals surface area contributed by atoms with Gasteiger partial charge in [-0.05, 0) is 173 Å². The van der Waals surface area contributed by atoms with E-state index in [4.69, 9.17) is 18.9 Å². The van der Waals surface area contributed by atoms with Crippen LogP contribution < -0.4 is 18.9 Å². The summed E-state index contributed by atoms with van der Waals surface area (Å²) in [7, 11) is 6.91. The minimum atomic E-state index is 0.874. The summed E-state index contributed by atoms with van der Waals surface area (Å²) >= 11 is 0. The van der Waals surface area contributed by atoms with Crippen molar-refractivity contribution in [2.24, 2.45) is 0 Å². The Morgan fingerprint density at radius 3 is 0.659 bits per heavy atom. The zero-order valence-electron chi connectivity index (χ0n) is 49.3. The van der Waals surface area contributed by atoms with Crippen molar-refractivity contribution in [1.29, 1.82) is 0 Å². The van der Waals surface area contributed by atoms with Gasteiger partial charge in [0.05, 0.1) is 28.4 Å². The molecule has 0 atom stereocenters. The van der Waals surface area contributed by atoms with Crippen LogP contribution in [0.4, 0.5) is 0 Å². The number of hydrogen-bond acceptors (Lipinski definition) is 4. The van der Waals surface area contributed by atoms with Crippen LogP contribution in [0, 0.1) is 0 Å². The first-order valence-electron chi connectivity index (χ1n) is 29.8. The summed E-state index contributed by atoms with van der Waals surface area (Å²) in [5, 5.41) is 19.2. The van der Waals surface area contributed by atoms with Crippen molar-refractivity contribution < 1.29 is 18.9 Å². The van der Waals surface area contributed by atoms with Crippen LogP contribution in [0.5, 0.6) is 23.0 Å². The van der Waals surface area contributed by atoms with Gasteiger partial charge in [0.1, 0.15) is 23.0 Å². The summed E-state index contributed by atoms with van der Waals surface area (Å²) in [6.45, 7) is 0. The fourth-order valence-corrected chi connectivity index (χ4v) is 13.7. The third kappa shape index (κ3) is 9.17. The molecule has 4 nitrogen and oxygen atoms in total. The smallest absolute Gasteiger partial charge is 0.126 e. The molecular formula is C84H60O4. The molecule has 4 heteroatoms. The van der Waals surface area contributed by atoms with Crippen LogP contribution in [0.25, 0.3) is 153 Å². The second-order valence-electron chi connectivity index (χ2n) is 22.3. The highest BCUT2D eigenvalue weighted by Gasteiger charge is 2.20. The van der Waals surface area contributed by atoms with E-state index in [-0.39, 0.29) is 0 Å². The Balaban J connectivity index is 0.000000148. The zero-order chi connectivity index (χ0) is 59.2. The van der Waals surface area contributed by atoms with E-state index in [2.05, 4.69) is 285 Å². The first kappa shape index (κ1) is 53.5. The lowest BCUT2D eigenvalue weighted by Crippen LogP contribution is -1.92. The molecule has 0 amide bonds. The van der Waals surface area contributed by atoms with Crippen molar-refractivity contribution in [1.82, 2.24) is 0 Å². The molecule has 0 heterocycles. The van der Waals surface area contributed by atoms with Gasteiger partial charge < -0.3 is 18.9 Å². The van der Waals surface area contributed by atoms with Gasteiger partial charge in [0.25, 0.3) is 0 Å². The first-order valence-corrected chi connectivity index (χ1v) is 29.8. The second-order valence-corrected chi connectivity index (χ2v) is 22.3. The van der Waals surface area contributed by atoms with Crippen LogP contribution >= 0.6 is 0 Å². The van der Waals surface area contributed by atoms with E-state index in [1.165, 1.54) is 137 Å². The van der Waals surface area contributed by atoms with E-state index < -0.39 is 0 Å². The van der Waals surface area contributed by atoms with Gasteiger partial charge in [0.2, 0.25) is 0 Å². The Morgan fingerprint density at radius 2 is 0.386 bits per heavy atom. The van der Waals surface area contributed by atoms with Crippen molar-refractivity contribution in [3.05, 3.63) is 291 Å². The predicted molar refractivity (Wildman–Crippen MR) is 372 cm³/mol. The molecule has 16 aromatic rings. The number of fused-ring (bicyclic) bond motifs is 8. The van der Waals surface area contributed by atoms with E-state index in [9.17, 15) is 0 Å². The lowest BCUT2D eigenvalue weighted by Gasteiger charge is -2.18. The number of rotatable bonds is 10. The molecule has 16 rings (SSSR count). The van der Waals surface area contributed by atoms with Crippen molar-refractivity contribution >= 4 is 86.2 Å². The summed E-state index contributed by atoms with van der Waals surface area (Å²) in [5.74, 6) is 3.55. The molecule has 0 bridgehead atoms. The highest BCUT2D eigenvalue weighted by atomic mass is 16.5. The topological polar surface area (TPSA) is 36.9 Å². The Labute approximate surface area is 511 Å². The summed E-state index contributed by atoms with van der Waals surface area (Å²) < 4.78 is 22.5. The molecule has 88 heavy (non-hydrogen) atoms. The van der Waals surface area contributed by atoms with Crippen LogP contribution in [-0.2, 0) is 0 Å². The van der Waals surface area contributed by atoms with E-state index in [1.54, 1.807) is 28.4 Å². The standard InChI is InChI=1S/2C42H30O2/c1-43-41-25-23-37(31-15-7-9-17-39(31)41)35-21-19-33(27-11-3-5-13-29(27)35)34-20-22-36(30-14-6-4-12-28(30)34)38-24-26-42(44-2)40-18-10-8-16-32(38)40;1-43-30-18-17-27-25-29(16-15-28(27)26-30)31-19-20-37(33-10-4-3-9-32(31)33)38-21-22-39(35-12-6-5-11-34(35)38)40-23-24-42(44-2)41-14-8-7-13-36(40)41/h2*3-26H,1-2H3. The van der Waals surface area contributed by atoms with Gasteiger partial charge in [-0.15, -0.1) is 0 Å². The largest absolute Gasteiger partial charge is 0.497 e. The fraction of sp³-hybridized carbons (Fsp3) is 0.0476. The average molecular weight is 1130 g/mol. The van der Waals surface area contributed by atoms with Crippen molar-refractivity contribution in [3.63, 3.8) is 0 Å². The van der Waals surface area contributed by atoms with Crippen LogP contribution in [0.1, 0.15) is 0 Å². The zero-order valence-corrected chi connectivity index (χ0v) is 49.3. The quantitative estimate of drug-likeness (QED) is 0.137. The average Bonchev–Trinajstić information content (AvgIpc) is 2.67. The van der Waals surface area contributed by atoms with Crippen molar-refractivity contribution in [2.75, 3.05) is 28.4 Å². The molecule has 0 N–H and O–H groups in total. The summed E-state index contributed by atoms with van der Waals surface area (Å²) in [6.07, 6.45) is 0. The highest BCUT2D eigenvalue weighted by Crippen LogP contribution is 2.47. The normalized spacial score (nSPS) is 11.4. The predicted octanol–water partition coefficient (Wildman–Crippen LogP) is 22.6. The Bertz CT molecular complexity index is 5240. The highest BCUT2D eigenvalue weighted by molar-refractivity contribution is 6.17. The van der Waals surface area contributed by atoms with Crippen LogP contribution in [0.2, 0.25) is 0 Å². The minimum absolute atomic E-state index is 0.874. The number of hydrogen-bond donors (Lipinski definition) is 0. The maximum atomic E-state index is 5.69. The maximum absolute atomic E-state index is 5.69. The van der Waals surface area contributed by atoms with Crippen molar-refractivity contribution in [3.8, 4) is 89.8 Å². The molecule has 420 valence electrons. The number of benzene rings is 16. The molecule has 0 fully saturated rings. The SMILES string of the molecule is COc1ccc(-c2ccc(-c3ccc(-c4ccc(OC)c5ccccc45)c4ccccc34)c3ccccc23)c2ccccc12.COc1ccc2cc(-c3ccc(-c4ccc(-c5ccc(OC)c6ccccc56)c5ccccc45)c4ccccc34)ccc2c1. The number of methoxy groups -OCH3 is 4. The van der Waals surface area contributed by atoms with Gasteiger partial charge in [0.15, 0.2) is 0 Å². The van der Waals surface area contributed by atoms with Gasteiger partial charge in [0, 0.05) is 16.2 Å². The fourth-order valence-electron chi connectivity index (χ4n) is 13.7. The lowest BCUT2D eigenvalue weighted by atomic mass is 9.86. The van der Waals surface area contributed by atoms with Gasteiger partial charge in [-0.25, -0.2) is 0 Å². The molecule has 0 aliphatic heterocycles. The van der Waals surface area contributed by atoms with Crippen LogP contribution in [-0.4, -0.2) is 28.4 Å². The first-order chi connectivity index (χ1) is 43.5. The third-order valence-electron chi connectivity index (χ3n) is 17.8. The monoisotopic (exact) mass is 1130 g/mol. The Hall–Kier alpha value is -11.2. The molecule has 0 radical (unpaired) electrons. The Morgan fingerprint density at radius 1 is 0.170 bits per heavy atom. The molecule has 0 aromatic heterocycles. The molecule has 0 aliphatic carbocycles. The minimum Gasteiger partial charge on any atom is -0.497 e. The van der Waals surface area contributed by atoms with Crippen LogP contribution in [0.3, 0.4) is 0 Å². The van der Waals surface area contributed by atoms with E-state index in [0.717, 1.165) is 39.2 Å². The Kier molecular flexibility index (Phi) is 13.8. The molecule has 0 spiro atoms. The summed E-state index contributed by atoms with van der Waals surface area (Å²) in [4.78, 5) is 0. The molecule has 0 unspecified atom stereocenters. The van der Waals surface area contributed by atoms with E-state index in [0.29, 0.717) is 0 Å². The van der Waals surface area contributed by atoms with Gasteiger partial charge in [-0.2, -0.15) is 0 Å². The number of ether oxygens (including phenoxy) is 4. The van der Waals surface area contributed by atoms with Gasteiger partial charge >= 0.3 is 0 Å². The molecule has 0 saturated carbocycles. The lowest BCUT2D eigenvalue weighted by molar-refractivity contribution is 0.415. The molecular weight excluding hydrogens is 1070 g/mol. The maximum Gasteiger partial charge on any atom is 0.126 e. The van der Waals surface area contributed by atoms with E-state index in [1.807, 2.05) is 6.07 Å². The second kappa shape index (κ2) is 22.7. The molecule has 16 aromatic carbocycles. The van der Waals surface area contributed by atoms with Crippen molar-refractivity contribution in [2.45, 2.75) is 0 Å². The van der Waals surface area contributed by atoms with Gasteiger partial charge in [-0.1, -0.05) is 255 Å². The van der Waals surface area contributed by atoms with Gasteiger partial charge in [-0.3, -0.25) is 0 Å².